The number of halogens is 1. The Labute approximate surface area is 247 Å². The highest BCUT2D eigenvalue weighted by molar-refractivity contribution is 7.97. The van der Waals surface area contributed by atoms with E-state index in [-0.39, 0.29) is 28.7 Å². The van der Waals surface area contributed by atoms with Gasteiger partial charge in [0.2, 0.25) is 10.0 Å². The Hall–Kier alpha value is -1.72. The number of carbonyl (C=O) groups is 1. The van der Waals surface area contributed by atoms with Crippen molar-refractivity contribution in [2.75, 3.05) is 11.5 Å². The van der Waals surface area contributed by atoms with Crippen LogP contribution in [0.15, 0.2) is 46.2 Å². The molecule has 0 fully saturated rings. The first-order valence-corrected chi connectivity index (χ1v) is 17.5. The van der Waals surface area contributed by atoms with Gasteiger partial charge in [0.1, 0.15) is 11.0 Å². The zero-order valence-electron chi connectivity index (χ0n) is 22.8. The highest BCUT2D eigenvalue weighted by Gasteiger charge is 2.26. The Morgan fingerprint density at radius 2 is 1.90 bits per heavy atom. The normalized spacial score (nSPS) is 16.2. The molecule has 1 aliphatic rings. The number of rotatable bonds is 17. The SMILES string of the molecule is CCCCC1NSc2cc(S(=O)(=O)NCc3ccc(CCCCCC(C)O[P+](=O)CC(=O)O)cc3)c(Cl)cc2N1. The molecule has 0 aliphatic carbocycles. The summed E-state index contributed by atoms with van der Waals surface area (Å²) in [5.41, 5.74) is 2.84. The van der Waals surface area contributed by atoms with Crippen LogP contribution in [-0.4, -0.2) is 37.9 Å². The lowest BCUT2D eigenvalue weighted by Gasteiger charge is -2.28. The number of carboxylic acids is 1. The molecule has 0 bridgehead atoms. The molecular weight excluding hydrogens is 593 g/mol. The van der Waals surface area contributed by atoms with Gasteiger partial charge in [-0.25, -0.2) is 22.7 Å². The number of carboxylic acid groups (broad SMARTS) is 1. The average Bonchev–Trinajstić information content (AvgIpc) is 2.90. The van der Waals surface area contributed by atoms with Crippen LogP contribution in [0.4, 0.5) is 5.69 Å². The summed E-state index contributed by atoms with van der Waals surface area (Å²) in [7, 11) is -5.97. The predicted molar refractivity (Wildman–Crippen MR) is 161 cm³/mol. The minimum atomic E-state index is -3.81. The van der Waals surface area contributed by atoms with Gasteiger partial charge < -0.3 is 10.4 Å². The van der Waals surface area contributed by atoms with Crippen molar-refractivity contribution in [3.8, 4) is 0 Å². The highest BCUT2D eigenvalue weighted by atomic mass is 35.5. The van der Waals surface area contributed by atoms with Crippen molar-refractivity contribution in [3.63, 3.8) is 0 Å². The van der Waals surface area contributed by atoms with E-state index in [1.54, 1.807) is 19.1 Å². The Bertz CT molecular complexity index is 1260. The number of hydrogen-bond donors (Lipinski definition) is 4. The fraction of sp³-hybridized carbons (Fsp3) is 0.519. The maximum atomic E-state index is 13.0. The third kappa shape index (κ3) is 10.6. The summed E-state index contributed by atoms with van der Waals surface area (Å²) in [6.45, 7) is 4.10. The molecule has 0 saturated carbocycles. The van der Waals surface area contributed by atoms with E-state index >= 15 is 0 Å². The first kappa shape index (κ1) is 32.8. The summed E-state index contributed by atoms with van der Waals surface area (Å²) < 4.78 is 48.8. The number of anilines is 1. The molecule has 1 aliphatic heterocycles. The molecule has 220 valence electrons. The van der Waals surface area contributed by atoms with Crippen LogP contribution in [-0.2, 0) is 36.9 Å². The Morgan fingerprint density at radius 1 is 1.18 bits per heavy atom. The quantitative estimate of drug-likeness (QED) is 0.0856. The summed E-state index contributed by atoms with van der Waals surface area (Å²) in [6.07, 6.45) is 7.01. The summed E-state index contributed by atoms with van der Waals surface area (Å²) in [5, 5.41) is 12.2. The van der Waals surface area contributed by atoms with Gasteiger partial charge in [0.05, 0.1) is 16.9 Å². The van der Waals surface area contributed by atoms with Crippen LogP contribution in [0.25, 0.3) is 0 Å². The van der Waals surface area contributed by atoms with Crippen LogP contribution in [0.5, 0.6) is 0 Å². The van der Waals surface area contributed by atoms with Crippen LogP contribution in [0.1, 0.15) is 69.9 Å². The largest absolute Gasteiger partial charge is 0.520 e. The zero-order chi connectivity index (χ0) is 29.1. The van der Waals surface area contributed by atoms with Gasteiger partial charge in [0, 0.05) is 11.4 Å². The molecule has 3 rings (SSSR count). The molecule has 2 aromatic rings. The number of aryl methyl sites for hydroxylation is 1. The molecule has 9 nitrogen and oxygen atoms in total. The molecule has 3 unspecified atom stereocenters. The van der Waals surface area contributed by atoms with E-state index in [0.717, 1.165) is 73.1 Å². The van der Waals surface area contributed by atoms with Gasteiger partial charge in [-0.05, 0) is 72.4 Å². The number of aliphatic carboxylic acids is 1. The molecule has 3 atom stereocenters. The maximum absolute atomic E-state index is 13.0. The monoisotopic (exact) mass is 630 g/mol. The lowest BCUT2D eigenvalue weighted by atomic mass is 10.0. The Morgan fingerprint density at radius 3 is 2.60 bits per heavy atom. The Kier molecular flexibility index (Phi) is 13.2. The van der Waals surface area contributed by atoms with Crippen molar-refractivity contribution >= 4 is 53.3 Å². The van der Waals surface area contributed by atoms with Gasteiger partial charge >= 0.3 is 14.0 Å². The van der Waals surface area contributed by atoms with E-state index in [1.165, 1.54) is 11.9 Å². The van der Waals surface area contributed by atoms with E-state index in [9.17, 15) is 17.8 Å². The van der Waals surface area contributed by atoms with Crippen molar-refractivity contribution < 1.29 is 27.4 Å². The van der Waals surface area contributed by atoms with E-state index in [2.05, 4.69) is 21.7 Å². The van der Waals surface area contributed by atoms with E-state index in [1.807, 2.05) is 24.3 Å². The topological polar surface area (TPSA) is 134 Å². The van der Waals surface area contributed by atoms with Crippen LogP contribution < -0.4 is 14.8 Å². The predicted octanol–water partition coefficient (Wildman–Crippen LogP) is 6.69. The fourth-order valence-electron chi connectivity index (χ4n) is 4.25. The first-order valence-electron chi connectivity index (χ1n) is 13.5. The zero-order valence-corrected chi connectivity index (χ0v) is 26.1. The molecular formula is C27H38ClN3O6PS2+. The van der Waals surface area contributed by atoms with Gasteiger partial charge in [-0.2, -0.15) is 0 Å². The highest BCUT2D eigenvalue weighted by Crippen LogP contribution is 2.37. The smallest absolute Gasteiger partial charge is 0.478 e. The lowest BCUT2D eigenvalue weighted by Crippen LogP contribution is -2.35. The number of sulfonamides is 1. The van der Waals surface area contributed by atoms with Crippen LogP contribution in [0.3, 0.4) is 0 Å². The molecule has 0 radical (unpaired) electrons. The summed E-state index contributed by atoms with van der Waals surface area (Å²) >= 11 is 7.81. The molecule has 0 saturated heterocycles. The van der Waals surface area contributed by atoms with Gasteiger partial charge in [0.15, 0.2) is 0 Å². The van der Waals surface area contributed by atoms with Gasteiger partial charge in [-0.1, -0.05) is 68.5 Å². The van der Waals surface area contributed by atoms with Crippen molar-refractivity contribution in [1.82, 2.24) is 9.44 Å². The fourth-order valence-corrected chi connectivity index (χ4v) is 7.54. The minimum Gasteiger partial charge on any atom is -0.478 e. The third-order valence-electron chi connectivity index (χ3n) is 6.44. The number of fused-ring (bicyclic) bond motifs is 1. The van der Waals surface area contributed by atoms with Gasteiger partial charge in [-0.3, -0.25) is 0 Å². The molecule has 0 amide bonds. The van der Waals surface area contributed by atoms with Crippen LogP contribution in [0.2, 0.25) is 5.02 Å². The van der Waals surface area contributed by atoms with Crippen LogP contribution >= 0.6 is 31.6 Å². The molecule has 0 spiro atoms. The minimum absolute atomic E-state index is 0.0566. The first-order chi connectivity index (χ1) is 19.1. The molecule has 4 N–H and O–H groups in total. The maximum Gasteiger partial charge on any atom is 0.520 e. The molecule has 1 heterocycles. The van der Waals surface area contributed by atoms with E-state index in [4.69, 9.17) is 21.2 Å². The molecule has 0 aromatic heterocycles. The van der Waals surface area contributed by atoms with Gasteiger partial charge in [-0.15, -0.1) is 4.52 Å². The second kappa shape index (κ2) is 16.1. The van der Waals surface area contributed by atoms with Crippen LogP contribution in [0, 0.1) is 0 Å². The standard InChI is InChI=1S/C27H37ClN3O6PS2/c1-3-4-10-26-30-23-15-22(28)25(16-24(23)39-31-26)40(35,36)29-17-21-13-11-20(12-14-21)9-7-5-6-8-19(2)37-38(34)18-27(32)33/h11-16,19,26,29-31H,3-10,17-18H2,1-2H3/p+1. The van der Waals surface area contributed by atoms with E-state index < -0.39 is 30.2 Å². The second-order valence-corrected chi connectivity index (χ2v) is 14.1. The Balaban J connectivity index is 1.43. The second-order valence-electron chi connectivity index (χ2n) is 9.88. The van der Waals surface area contributed by atoms with Gasteiger partial charge in [0.25, 0.3) is 6.16 Å². The number of hydrogen-bond acceptors (Lipinski definition) is 8. The van der Waals surface area contributed by atoms with Crippen molar-refractivity contribution in [3.05, 3.63) is 52.5 Å². The number of benzene rings is 2. The molecule has 2 aromatic carbocycles. The summed E-state index contributed by atoms with van der Waals surface area (Å²) in [6, 6.07) is 11.1. The van der Waals surface area contributed by atoms with Crippen molar-refractivity contribution in [1.29, 1.82) is 0 Å². The molecule has 40 heavy (non-hydrogen) atoms. The average molecular weight is 631 g/mol. The number of unbranched alkanes of at least 4 members (excludes halogenated alkanes) is 3. The van der Waals surface area contributed by atoms with Crippen molar-refractivity contribution in [2.24, 2.45) is 0 Å². The third-order valence-corrected chi connectivity index (χ3v) is 10.4. The lowest BCUT2D eigenvalue weighted by molar-refractivity contribution is -0.134. The summed E-state index contributed by atoms with van der Waals surface area (Å²) in [4.78, 5) is 11.4. The number of nitrogens with one attached hydrogen (secondary N) is 3. The summed E-state index contributed by atoms with van der Waals surface area (Å²) in [5.74, 6) is -1.12. The van der Waals surface area contributed by atoms with Crippen molar-refractivity contribution in [2.45, 2.75) is 93.8 Å². The van der Waals surface area contributed by atoms with E-state index in [0.29, 0.717) is 0 Å². The molecule has 13 heteroatoms.